The van der Waals surface area contributed by atoms with Gasteiger partial charge in [-0.25, -0.2) is 4.68 Å². The number of benzene rings is 1. The van der Waals surface area contributed by atoms with Gasteiger partial charge in [0.1, 0.15) is 5.69 Å². The lowest BCUT2D eigenvalue weighted by atomic mass is 9.56. The van der Waals surface area contributed by atoms with E-state index in [1.54, 1.807) is 18.2 Å². The van der Waals surface area contributed by atoms with Crippen LogP contribution in [0.5, 0.6) is 0 Å². The molecule has 0 radical (unpaired) electrons. The van der Waals surface area contributed by atoms with Gasteiger partial charge in [0.05, 0.1) is 27.9 Å². The molecule has 7 nitrogen and oxygen atoms in total. The fraction of sp³-hybridized carbons (Fsp3) is 0.500. The Morgan fingerprint density at radius 1 is 1.41 bits per heavy atom. The molecule has 1 aromatic carbocycles. The summed E-state index contributed by atoms with van der Waals surface area (Å²) < 4.78 is 6.94. The number of nitrogens with one attached hydrogen (secondary N) is 1. The van der Waals surface area contributed by atoms with E-state index in [2.05, 4.69) is 15.6 Å². The zero-order valence-electron chi connectivity index (χ0n) is 15.4. The van der Waals surface area contributed by atoms with Gasteiger partial charge < -0.3 is 15.2 Å². The van der Waals surface area contributed by atoms with Gasteiger partial charge in [-0.15, -0.1) is 5.10 Å². The highest BCUT2D eigenvalue weighted by molar-refractivity contribution is 6.37. The van der Waals surface area contributed by atoms with Crippen molar-refractivity contribution < 1.29 is 14.6 Å². The molecule has 0 aliphatic heterocycles. The number of carbonyl (C=O) groups is 1. The molecule has 1 fully saturated rings. The fourth-order valence-electron chi connectivity index (χ4n) is 3.33. The maximum Gasteiger partial charge on any atom is 0.271 e. The number of rotatable bonds is 6. The third-order valence-electron chi connectivity index (χ3n) is 5.37. The smallest absolute Gasteiger partial charge is 0.271 e. The largest absolute Gasteiger partial charge is 0.387 e. The van der Waals surface area contributed by atoms with Crippen molar-refractivity contribution in [1.29, 1.82) is 0 Å². The minimum Gasteiger partial charge on any atom is -0.387 e. The van der Waals surface area contributed by atoms with E-state index < -0.39 is 16.9 Å². The Bertz CT molecular complexity index is 835. The number of ether oxygens (including phenoxy) is 1. The molecule has 0 saturated heterocycles. The number of hydrogen-bond donors (Lipinski definition) is 2. The lowest BCUT2D eigenvalue weighted by Gasteiger charge is -2.57. The molecule has 1 aliphatic carbocycles. The van der Waals surface area contributed by atoms with E-state index in [1.165, 1.54) is 10.9 Å². The van der Waals surface area contributed by atoms with Gasteiger partial charge >= 0.3 is 0 Å². The Balaban J connectivity index is 1.75. The second kappa shape index (κ2) is 7.39. The minimum absolute atomic E-state index is 0.0430. The van der Waals surface area contributed by atoms with Crippen LogP contribution in [0.25, 0.3) is 5.69 Å². The first-order valence-corrected chi connectivity index (χ1v) is 9.44. The van der Waals surface area contributed by atoms with Gasteiger partial charge in [0.2, 0.25) is 0 Å². The Morgan fingerprint density at radius 2 is 2.07 bits per heavy atom. The van der Waals surface area contributed by atoms with E-state index >= 15 is 0 Å². The zero-order valence-corrected chi connectivity index (χ0v) is 16.9. The van der Waals surface area contributed by atoms with Gasteiger partial charge in [0.15, 0.2) is 5.69 Å². The molecular weight excluding hydrogens is 391 g/mol. The van der Waals surface area contributed by atoms with E-state index in [9.17, 15) is 9.90 Å². The van der Waals surface area contributed by atoms with Crippen LogP contribution in [0.2, 0.25) is 10.0 Å². The second-order valence-electron chi connectivity index (χ2n) is 7.19. The van der Waals surface area contributed by atoms with Crippen molar-refractivity contribution >= 4 is 29.1 Å². The lowest BCUT2D eigenvalue weighted by Crippen LogP contribution is -2.68. The van der Waals surface area contributed by atoms with Crippen molar-refractivity contribution in [2.75, 3.05) is 13.2 Å². The minimum atomic E-state index is -1.05. The Hall–Kier alpha value is -1.67. The van der Waals surface area contributed by atoms with Crippen molar-refractivity contribution in [2.45, 2.75) is 38.9 Å². The first kappa shape index (κ1) is 20.1. The molecule has 1 amide bonds. The zero-order chi connectivity index (χ0) is 19.8. The number of aromatic nitrogens is 3. The first-order chi connectivity index (χ1) is 12.7. The van der Waals surface area contributed by atoms with Crippen molar-refractivity contribution in [1.82, 2.24) is 20.3 Å². The van der Waals surface area contributed by atoms with Gasteiger partial charge in [-0.1, -0.05) is 48.3 Å². The highest BCUT2D eigenvalue weighted by Crippen LogP contribution is 2.50. The van der Waals surface area contributed by atoms with E-state index in [0.717, 1.165) is 0 Å². The summed E-state index contributed by atoms with van der Waals surface area (Å²) in [6, 6.07) is 5.01. The number of carbonyl (C=O) groups excluding carboxylic acids is 1. The Kier molecular flexibility index (Phi) is 5.49. The summed E-state index contributed by atoms with van der Waals surface area (Å²) in [5.74, 6) is -0.430. The summed E-state index contributed by atoms with van der Waals surface area (Å²) >= 11 is 12.4. The number of hydrogen-bond acceptors (Lipinski definition) is 5. The molecule has 2 atom stereocenters. The van der Waals surface area contributed by atoms with Gasteiger partial charge in [-0.2, -0.15) is 0 Å². The van der Waals surface area contributed by atoms with Crippen LogP contribution in [0.1, 0.15) is 37.7 Å². The topological polar surface area (TPSA) is 89.3 Å². The molecule has 146 valence electrons. The molecule has 2 N–H and O–H groups in total. The Labute approximate surface area is 167 Å². The molecule has 2 unspecified atom stereocenters. The molecular formula is C18H22Cl2N4O3. The van der Waals surface area contributed by atoms with Crippen molar-refractivity contribution in [2.24, 2.45) is 5.41 Å². The van der Waals surface area contributed by atoms with Crippen LogP contribution in [0.15, 0.2) is 24.4 Å². The summed E-state index contributed by atoms with van der Waals surface area (Å²) in [5, 5.41) is 22.1. The van der Waals surface area contributed by atoms with Gasteiger partial charge in [0, 0.05) is 25.0 Å². The van der Waals surface area contributed by atoms with Gasteiger partial charge in [-0.05, 0) is 19.1 Å². The lowest BCUT2D eigenvalue weighted by molar-refractivity contribution is -0.237. The van der Waals surface area contributed by atoms with E-state index in [4.69, 9.17) is 27.9 Å². The molecule has 0 bridgehead atoms. The van der Waals surface area contributed by atoms with Crippen LogP contribution in [0.3, 0.4) is 0 Å². The van der Waals surface area contributed by atoms with Crippen LogP contribution in [0, 0.1) is 5.41 Å². The van der Waals surface area contributed by atoms with E-state index in [0.29, 0.717) is 28.8 Å². The third-order valence-corrected chi connectivity index (χ3v) is 5.98. The molecule has 3 rings (SSSR count). The quantitative estimate of drug-likeness (QED) is 0.760. The number of amides is 1. The summed E-state index contributed by atoms with van der Waals surface area (Å²) in [5.41, 5.74) is -0.974. The average molecular weight is 413 g/mol. The maximum absolute atomic E-state index is 12.7. The molecule has 1 heterocycles. The highest BCUT2D eigenvalue weighted by atomic mass is 35.5. The van der Waals surface area contributed by atoms with Crippen LogP contribution in [0.4, 0.5) is 0 Å². The van der Waals surface area contributed by atoms with Crippen molar-refractivity contribution in [3.63, 3.8) is 0 Å². The summed E-state index contributed by atoms with van der Waals surface area (Å²) in [6.07, 6.45) is 1.74. The van der Waals surface area contributed by atoms with Gasteiger partial charge in [-0.3, -0.25) is 4.79 Å². The predicted octanol–water partition coefficient (Wildman–Crippen LogP) is 2.87. The molecule has 1 saturated carbocycles. The standard InChI is InChI=1S/C18H22Cl2N4O3/c1-4-27-14-8-18(26,17(14,2)3)10-21-16(25)13-9-22-23-24(13)15-11(19)6-5-7-12(15)20/h5-7,9,14,26H,4,8,10H2,1-3H3,(H,21,25). The fourth-order valence-corrected chi connectivity index (χ4v) is 3.88. The molecule has 0 spiro atoms. The molecule has 2 aromatic rings. The van der Waals surface area contributed by atoms with Crippen molar-refractivity contribution in [3.05, 3.63) is 40.1 Å². The molecule has 9 heteroatoms. The first-order valence-electron chi connectivity index (χ1n) is 8.68. The monoisotopic (exact) mass is 412 g/mol. The number of para-hydroxylation sites is 1. The average Bonchev–Trinajstić information content (AvgIpc) is 3.08. The number of aliphatic hydroxyl groups is 1. The number of nitrogens with zero attached hydrogens (tertiary/aromatic N) is 3. The maximum atomic E-state index is 12.7. The molecule has 1 aliphatic rings. The third kappa shape index (κ3) is 3.45. The summed E-state index contributed by atoms with van der Waals surface area (Å²) in [7, 11) is 0. The number of halogens is 2. The second-order valence-corrected chi connectivity index (χ2v) is 8.00. The van der Waals surface area contributed by atoms with Gasteiger partial charge in [0.25, 0.3) is 5.91 Å². The molecule has 1 aromatic heterocycles. The van der Waals surface area contributed by atoms with Crippen molar-refractivity contribution in [3.8, 4) is 5.69 Å². The SMILES string of the molecule is CCOC1CC(O)(CNC(=O)c2cnnn2-c2c(Cl)cccc2Cl)C1(C)C. The van der Waals surface area contributed by atoms with E-state index in [1.807, 2.05) is 20.8 Å². The molecule has 27 heavy (non-hydrogen) atoms. The highest BCUT2D eigenvalue weighted by Gasteiger charge is 2.60. The van der Waals surface area contributed by atoms with Crippen LogP contribution >= 0.6 is 23.2 Å². The van der Waals surface area contributed by atoms with Crippen LogP contribution < -0.4 is 5.32 Å². The normalized spacial score (nSPS) is 23.7. The van der Waals surface area contributed by atoms with E-state index in [-0.39, 0.29) is 18.3 Å². The summed E-state index contributed by atoms with van der Waals surface area (Å²) in [6.45, 7) is 6.45. The Morgan fingerprint density at radius 3 is 2.67 bits per heavy atom. The van der Waals surface area contributed by atoms with Crippen LogP contribution in [-0.2, 0) is 4.74 Å². The van der Waals surface area contributed by atoms with Crippen LogP contribution in [-0.4, -0.2) is 50.9 Å². The summed E-state index contributed by atoms with van der Waals surface area (Å²) in [4.78, 5) is 12.7. The predicted molar refractivity (Wildman–Crippen MR) is 102 cm³/mol.